The summed E-state index contributed by atoms with van der Waals surface area (Å²) in [5, 5.41) is 7.81. The molecule has 0 aliphatic rings. The van der Waals surface area contributed by atoms with Gasteiger partial charge < -0.3 is 5.41 Å². The molecule has 1 rings (SSSR count). The molecule has 0 spiro atoms. The summed E-state index contributed by atoms with van der Waals surface area (Å²) in [6.45, 7) is 2.16. The van der Waals surface area contributed by atoms with Crippen LogP contribution < -0.4 is 0 Å². The van der Waals surface area contributed by atoms with E-state index in [0.717, 1.165) is 17.7 Å². The first-order valence-corrected chi connectivity index (χ1v) is 7.67. The normalized spacial score (nSPS) is 10.3. The zero-order valence-electron chi connectivity index (χ0n) is 11.2. The van der Waals surface area contributed by atoms with Crippen molar-refractivity contribution in [2.45, 2.75) is 43.9 Å². The van der Waals surface area contributed by atoms with Gasteiger partial charge >= 0.3 is 0 Å². The molecule has 0 unspecified atom stereocenters. The molecule has 0 saturated heterocycles. The van der Waals surface area contributed by atoms with Gasteiger partial charge in [0.05, 0.1) is 5.71 Å². The van der Waals surface area contributed by atoms with E-state index in [1.165, 1.54) is 12.8 Å². The lowest BCUT2D eigenvalue weighted by molar-refractivity contribution is 0.106. The highest BCUT2D eigenvalue weighted by atomic mass is 32.2. The molecule has 0 bridgehead atoms. The van der Waals surface area contributed by atoms with Crippen LogP contribution in [0.25, 0.3) is 0 Å². The summed E-state index contributed by atoms with van der Waals surface area (Å²) in [7, 11) is 0. The van der Waals surface area contributed by atoms with E-state index in [1.54, 1.807) is 11.8 Å². The maximum absolute atomic E-state index is 12.0. The van der Waals surface area contributed by atoms with Crippen LogP contribution >= 0.6 is 11.8 Å². The molecule has 2 nitrogen and oxygen atoms in total. The fraction of sp³-hybridized carbons (Fsp3) is 0.467. The van der Waals surface area contributed by atoms with Crippen LogP contribution in [0.5, 0.6) is 0 Å². The first kappa shape index (κ1) is 15.0. The number of unbranched alkanes of at least 4 members (excludes halogenated alkanes) is 3. The van der Waals surface area contributed by atoms with E-state index in [0.29, 0.717) is 12.0 Å². The van der Waals surface area contributed by atoms with Gasteiger partial charge in [-0.05, 0) is 43.4 Å². The Morgan fingerprint density at radius 1 is 1.17 bits per heavy atom. The van der Waals surface area contributed by atoms with Crippen LogP contribution in [-0.4, -0.2) is 17.8 Å². The number of carbonyl (C=O) groups is 1. The number of ketones is 1. The SMILES string of the molecule is CCCCCCC(=N)C(=O)c1ccc(SC)cc1. The van der Waals surface area contributed by atoms with Crippen LogP contribution in [0.3, 0.4) is 0 Å². The zero-order chi connectivity index (χ0) is 13.4. The minimum Gasteiger partial charge on any atom is -0.301 e. The van der Waals surface area contributed by atoms with Crippen LogP contribution in [0.4, 0.5) is 0 Å². The Morgan fingerprint density at radius 3 is 2.39 bits per heavy atom. The quantitative estimate of drug-likeness (QED) is 0.323. The molecule has 0 aliphatic heterocycles. The van der Waals surface area contributed by atoms with Crippen molar-refractivity contribution in [3.63, 3.8) is 0 Å². The number of Topliss-reactive ketones (excluding diaryl/α,β-unsaturated/α-hetero) is 1. The molecular weight excluding hydrogens is 242 g/mol. The molecule has 1 N–H and O–H groups in total. The topological polar surface area (TPSA) is 40.9 Å². The molecule has 0 atom stereocenters. The lowest BCUT2D eigenvalue weighted by Gasteiger charge is -2.04. The number of hydrogen-bond donors (Lipinski definition) is 1. The number of nitrogens with one attached hydrogen (secondary N) is 1. The van der Waals surface area contributed by atoms with Crippen LogP contribution in [0, 0.1) is 5.41 Å². The molecule has 1 aromatic carbocycles. The molecule has 0 aromatic heterocycles. The minimum atomic E-state index is -0.126. The molecular formula is C15H21NOS. The van der Waals surface area contributed by atoms with Crippen molar-refractivity contribution in [2.75, 3.05) is 6.26 Å². The Hall–Kier alpha value is -1.09. The fourth-order valence-corrected chi connectivity index (χ4v) is 2.17. The van der Waals surface area contributed by atoms with Gasteiger partial charge in [-0.2, -0.15) is 0 Å². The first-order valence-electron chi connectivity index (χ1n) is 6.45. The highest BCUT2D eigenvalue weighted by Gasteiger charge is 2.11. The highest BCUT2D eigenvalue weighted by Crippen LogP contribution is 2.16. The Labute approximate surface area is 114 Å². The largest absolute Gasteiger partial charge is 0.301 e. The summed E-state index contributed by atoms with van der Waals surface area (Å²) in [5.74, 6) is -0.126. The summed E-state index contributed by atoms with van der Waals surface area (Å²) in [6.07, 6.45) is 7.02. The molecule has 0 amide bonds. The molecule has 3 heteroatoms. The third kappa shape index (κ3) is 4.65. The summed E-state index contributed by atoms with van der Waals surface area (Å²) in [4.78, 5) is 13.1. The second kappa shape index (κ2) is 8.09. The van der Waals surface area contributed by atoms with Crippen molar-refractivity contribution < 1.29 is 4.79 Å². The van der Waals surface area contributed by atoms with Gasteiger partial charge in [0, 0.05) is 10.5 Å². The highest BCUT2D eigenvalue weighted by molar-refractivity contribution is 7.98. The van der Waals surface area contributed by atoms with E-state index >= 15 is 0 Å². The number of hydrogen-bond acceptors (Lipinski definition) is 3. The van der Waals surface area contributed by atoms with Gasteiger partial charge in [0.1, 0.15) is 0 Å². The maximum Gasteiger partial charge on any atom is 0.206 e. The van der Waals surface area contributed by atoms with Gasteiger partial charge in [-0.15, -0.1) is 11.8 Å². The number of benzene rings is 1. The second-order valence-corrected chi connectivity index (χ2v) is 5.23. The zero-order valence-corrected chi connectivity index (χ0v) is 12.0. The summed E-state index contributed by atoms with van der Waals surface area (Å²) in [6, 6.07) is 7.49. The Morgan fingerprint density at radius 2 is 1.83 bits per heavy atom. The van der Waals surface area contributed by atoms with Crippen molar-refractivity contribution in [2.24, 2.45) is 0 Å². The van der Waals surface area contributed by atoms with Gasteiger partial charge in [0.15, 0.2) is 0 Å². The molecule has 0 radical (unpaired) electrons. The Balaban J connectivity index is 2.49. The van der Waals surface area contributed by atoms with Crippen LogP contribution in [-0.2, 0) is 0 Å². The lowest BCUT2D eigenvalue weighted by Crippen LogP contribution is -2.12. The van der Waals surface area contributed by atoms with E-state index in [1.807, 2.05) is 30.5 Å². The van der Waals surface area contributed by atoms with E-state index in [9.17, 15) is 4.79 Å². The van der Waals surface area contributed by atoms with Crippen molar-refractivity contribution in [3.05, 3.63) is 29.8 Å². The Kier molecular flexibility index (Phi) is 6.73. The third-order valence-electron chi connectivity index (χ3n) is 2.91. The van der Waals surface area contributed by atoms with E-state index in [2.05, 4.69) is 6.92 Å². The maximum atomic E-state index is 12.0. The van der Waals surface area contributed by atoms with Crippen molar-refractivity contribution in [3.8, 4) is 0 Å². The van der Waals surface area contributed by atoms with Gasteiger partial charge in [-0.1, -0.05) is 26.2 Å². The standard InChI is InChI=1S/C15H21NOS/c1-3-4-5-6-7-14(16)15(17)12-8-10-13(18-2)11-9-12/h8-11,16H,3-7H2,1-2H3. The molecule has 18 heavy (non-hydrogen) atoms. The summed E-state index contributed by atoms with van der Waals surface area (Å²) < 4.78 is 0. The predicted molar refractivity (Wildman–Crippen MR) is 79.0 cm³/mol. The average Bonchev–Trinajstić information content (AvgIpc) is 2.42. The molecule has 0 aliphatic carbocycles. The van der Waals surface area contributed by atoms with Gasteiger partial charge in [-0.3, -0.25) is 4.79 Å². The van der Waals surface area contributed by atoms with Gasteiger partial charge in [0.2, 0.25) is 5.78 Å². The lowest BCUT2D eigenvalue weighted by atomic mass is 10.0. The van der Waals surface area contributed by atoms with Crippen molar-refractivity contribution in [1.82, 2.24) is 0 Å². The van der Waals surface area contributed by atoms with Gasteiger partial charge in [-0.25, -0.2) is 0 Å². The third-order valence-corrected chi connectivity index (χ3v) is 3.65. The van der Waals surface area contributed by atoms with Crippen LogP contribution in [0.1, 0.15) is 49.4 Å². The van der Waals surface area contributed by atoms with Crippen molar-refractivity contribution >= 4 is 23.3 Å². The fourth-order valence-electron chi connectivity index (χ4n) is 1.76. The summed E-state index contributed by atoms with van der Waals surface area (Å²) >= 11 is 1.65. The summed E-state index contributed by atoms with van der Waals surface area (Å²) in [5.41, 5.74) is 0.872. The molecule has 98 valence electrons. The average molecular weight is 263 g/mol. The molecule has 0 saturated carbocycles. The van der Waals surface area contributed by atoms with Gasteiger partial charge in [0.25, 0.3) is 0 Å². The number of rotatable bonds is 8. The first-order chi connectivity index (χ1) is 8.69. The molecule has 0 fully saturated rings. The van der Waals surface area contributed by atoms with Crippen LogP contribution in [0.2, 0.25) is 0 Å². The number of thioether (sulfide) groups is 1. The van der Waals surface area contributed by atoms with Crippen LogP contribution in [0.15, 0.2) is 29.2 Å². The minimum absolute atomic E-state index is 0.126. The smallest absolute Gasteiger partial charge is 0.206 e. The van der Waals surface area contributed by atoms with E-state index in [4.69, 9.17) is 5.41 Å². The second-order valence-electron chi connectivity index (χ2n) is 4.35. The van der Waals surface area contributed by atoms with E-state index < -0.39 is 0 Å². The van der Waals surface area contributed by atoms with E-state index in [-0.39, 0.29) is 11.5 Å². The number of carbonyl (C=O) groups excluding carboxylic acids is 1. The Bertz CT molecular complexity index is 397. The monoisotopic (exact) mass is 263 g/mol. The molecule has 0 heterocycles. The molecule has 1 aromatic rings. The van der Waals surface area contributed by atoms with Crippen molar-refractivity contribution in [1.29, 1.82) is 5.41 Å². The predicted octanol–water partition coefficient (Wildman–Crippen LogP) is 4.58.